The average molecular weight is 226 g/mol. The third kappa shape index (κ3) is 3.51. The number of hydrogen-bond acceptors (Lipinski definition) is 1. The molecule has 1 rings (SSSR count). The molecule has 84 valence electrons. The van der Waals surface area contributed by atoms with Gasteiger partial charge < -0.3 is 5.73 Å². The van der Waals surface area contributed by atoms with Crippen LogP contribution >= 0.6 is 11.6 Å². The van der Waals surface area contributed by atoms with Crippen molar-refractivity contribution < 1.29 is 0 Å². The Labute approximate surface area is 97.6 Å². The second kappa shape index (κ2) is 6.14. The molecule has 2 heteroatoms. The van der Waals surface area contributed by atoms with E-state index in [-0.39, 0.29) is 0 Å². The minimum Gasteiger partial charge on any atom is -0.330 e. The van der Waals surface area contributed by atoms with Crippen LogP contribution in [0, 0.1) is 5.92 Å². The summed E-state index contributed by atoms with van der Waals surface area (Å²) in [5.41, 5.74) is 7.15. The summed E-state index contributed by atoms with van der Waals surface area (Å²) in [6, 6.07) is 8.06. The van der Waals surface area contributed by atoms with Crippen molar-refractivity contribution in [2.45, 2.75) is 32.6 Å². The molecule has 0 heterocycles. The fraction of sp³-hybridized carbons (Fsp3) is 0.538. The van der Waals surface area contributed by atoms with Gasteiger partial charge in [-0.25, -0.2) is 0 Å². The average Bonchev–Trinajstić information content (AvgIpc) is 2.22. The van der Waals surface area contributed by atoms with Gasteiger partial charge in [-0.3, -0.25) is 0 Å². The van der Waals surface area contributed by atoms with Gasteiger partial charge in [-0.1, -0.05) is 50.4 Å². The summed E-state index contributed by atoms with van der Waals surface area (Å²) in [6.07, 6.45) is 2.44. The first kappa shape index (κ1) is 12.5. The lowest BCUT2D eigenvalue weighted by molar-refractivity contribution is 0.430. The van der Waals surface area contributed by atoms with E-state index in [1.165, 1.54) is 18.4 Å². The van der Waals surface area contributed by atoms with Crippen molar-refractivity contribution in [2.75, 3.05) is 6.54 Å². The number of halogens is 1. The van der Waals surface area contributed by atoms with Gasteiger partial charge in [0.2, 0.25) is 0 Å². The molecule has 0 saturated heterocycles. The molecule has 1 aromatic carbocycles. The van der Waals surface area contributed by atoms with Crippen LogP contribution in [0.4, 0.5) is 0 Å². The summed E-state index contributed by atoms with van der Waals surface area (Å²) < 4.78 is 0. The van der Waals surface area contributed by atoms with Crippen molar-refractivity contribution in [1.82, 2.24) is 0 Å². The maximum atomic E-state index is 5.87. The smallest absolute Gasteiger partial charge is 0.0406 e. The summed E-state index contributed by atoms with van der Waals surface area (Å²) in [6.45, 7) is 5.20. The molecule has 0 aliphatic rings. The van der Waals surface area contributed by atoms with E-state index < -0.39 is 0 Å². The standard InChI is InChI=1S/C13H20ClN/c1-3-4-10(2)13(9-15)11-5-7-12(14)8-6-11/h5-8,10,13H,3-4,9,15H2,1-2H3. The van der Waals surface area contributed by atoms with Crippen LogP contribution in [0.25, 0.3) is 0 Å². The second-order valence-electron chi connectivity index (χ2n) is 4.16. The van der Waals surface area contributed by atoms with Gasteiger partial charge in [-0.05, 0) is 36.1 Å². The highest BCUT2D eigenvalue weighted by Crippen LogP contribution is 2.27. The normalized spacial score (nSPS) is 14.9. The molecule has 15 heavy (non-hydrogen) atoms. The summed E-state index contributed by atoms with van der Waals surface area (Å²) >= 11 is 5.87. The Morgan fingerprint density at radius 1 is 1.27 bits per heavy atom. The van der Waals surface area contributed by atoms with Gasteiger partial charge in [0, 0.05) is 5.02 Å². The molecule has 1 nitrogen and oxygen atoms in total. The zero-order chi connectivity index (χ0) is 11.3. The van der Waals surface area contributed by atoms with Crippen molar-refractivity contribution in [3.05, 3.63) is 34.9 Å². The van der Waals surface area contributed by atoms with Crippen LogP contribution in [-0.4, -0.2) is 6.54 Å². The fourth-order valence-corrected chi connectivity index (χ4v) is 2.19. The van der Waals surface area contributed by atoms with Crippen molar-refractivity contribution in [2.24, 2.45) is 11.7 Å². The first-order valence-corrected chi connectivity index (χ1v) is 6.02. The van der Waals surface area contributed by atoms with Crippen LogP contribution in [-0.2, 0) is 0 Å². The van der Waals surface area contributed by atoms with Crippen LogP contribution in [0.5, 0.6) is 0 Å². The highest BCUT2D eigenvalue weighted by atomic mass is 35.5. The minimum atomic E-state index is 0.460. The van der Waals surface area contributed by atoms with E-state index in [9.17, 15) is 0 Å². The Balaban J connectivity index is 2.77. The molecule has 0 radical (unpaired) electrons. The third-order valence-electron chi connectivity index (χ3n) is 2.98. The van der Waals surface area contributed by atoms with Crippen molar-refractivity contribution in [3.63, 3.8) is 0 Å². The van der Waals surface area contributed by atoms with E-state index in [4.69, 9.17) is 17.3 Å². The summed E-state index contributed by atoms with van der Waals surface area (Å²) in [5, 5.41) is 0.790. The number of nitrogens with two attached hydrogens (primary N) is 1. The zero-order valence-electron chi connectivity index (χ0n) is 9.54. The Hall–Kier alpha value is -0.530. The molecular formula is C13H20ClN. The largest absolute Gasteiger partial charge is 0.330 e. The third-order valence-corrected chi connectivity index (χ3v) is 3.23. The first-order valence-electron chi connectivity index (χ1n) is 5.64. The molecule has 0 aromatic heterocycles. The molecule has 0 fully saturated rings. The van der Waals surface area contributed by atoms with Gasteiger partial charge in [0.1, 0.15) is 0 Å². The van der Waals surface area contributed by atoms with Crippen LogP contribution in [0.15, 0.2) is 24.3 Å². The zero-order valence-corrected chi connectivity index (χ0v) is 10.3. The second-order valence-corrected chi connectivity index (χ2v) is 4.60. The van der Waals surface area contributed by atoms with Gasteiger partial charge in [-0.2, -0.15) is 0 Å². The highest BCUT2D eigenvalue weighted by Gasteiger charge is 2.16. The van der Waals surface area contributed by atoms with Crippen molar-refractivity contribution in [3.8, 4) is 0 Å². The number of rotatable bonds is 5. The van der Waals surface area contributed by atoms with Gasteiger partial charge in [0.15, 0.2) is 0 Å². The van der Waals surface area contributed by atoms with Gasteiger partial charge in [0.05, 0.1) is 0 Å². The lowest BCUT2D eigenvalue weighted by Gasteiger charge is -2.22. The van der Waals surface area contributed by atoms with E-state index in [1.54, 1.807) is 0 Å². The molecule has 0 saturated carbocycles. The molecule has 0 spiro atoms. The molecule has 2 atom stereocenters. The first-order chi connectivity index (χ1) is 7.19. The van der Waals surface area contributed by atoms with E-state index in [0.29, 0.717) is 18.4 Å². The monoisotopic (exact) mass is 225 g/mol. The number of benzene rings is 1. The highest BCUT2D eigenvalue weighted by molar-refractivity contribution is 6.30. The van der Waals surface area contributed by atoms with E-state index in [0.717, 1.165) is 5.02 Å². The molecule has 2 unspecified atom stereocenters. The van der Waals surface area contributed by atoms with Crippen molar-refractivity contribution in [1.29, 1.82) is 0 Å². The minimum absolute atomic E-state index is 0.460. The Bertz CT molecular complexity index is 281. The topological polar surface area (TPSA) is 26.0 Å². The van der Waals surface area contributed by atoms with E-state index in [2.05, 4.69) is 26.0 Å². The lowest BCUT2D eigenvalue weighted by atomic mass is 9.85. The predicted molar refractivity (Wildman–Crippen MR) is 67.3 cm³/mol. The van der Waals surface area contributed by atoms with Crippen LogP contribution < -0.4 is 5.73 Å². The predicted octanol–water partition coefficient (Wildman–Crippen LogP) is 3.82. The fourth-order valence-electron chi connectivity index (χ4n) is 2.06. The summed E-state index contributed by atoms with van der Waals surface area (Å²) in [7, 11) is 0. The molecule has 0 amide bonds. The maximum Gasteiger partial charge on any atom is 0.0406 e. The number of hydrogen-bond donors (Lipinski definition) is 1. The van der Waals surface area contributed by atoms with Gasteiger partial charge in [-0.15, -0.1) is 0 Å². The molecular weight excluding hydrogens is 206 g/mol. The van der Waals surface area contributed by atoms with E-state index >= 15 is 0 Å². The molecule has 0 aliphatic carbocycles. The van der Waals surface area contributed by atoms with Crippen LogP contribution in [0.1, 0.15) is 38.2 Å². The van der Waals surface area contributed by atoms with Gasteiger partial charge in [0.25, 0.3) is 0 Å². The molecule has 0 bridgehead atoms. The Morgan fingerprint density at radius 2 is 1.87 bits per heavy atom. The SMILES string of the molecule is CCCC(C)C(CN)c1ccc(Cl)cc1. The molecule has 1 aromatic rings. The molecule has 0 aliphatic heterocycles. The van der Waals surface area contributed by atoms with Crippen molar-refractivity contribution >= 4 is 11.6 Å². The van der Waals surface area contributed by atoms with Crippen LogP contribution in [0.3, 0.4) is 0 Å². The Kier molecular flexibility index (Phi) is 5.13. The Morgan fingerprint density at radius 3 is 2.33 bits per heavy atom. The van der Waals surface area contributed by atoms with E-state index in [1.807, 2.05) is 12.1 Å². The molecule has 2 N–H and O–H groups in total. The van der Waals surface area contributed by atoms with Gasteiger partial charge >= 0.3 is 0 Å². The lowest BCUT2D eigenvalue weighted by Crippen LogP contribution is -2.19. The summed E-state index contributed by atoms with van der Waals surface area (Å²) in [5.74, 6) is 1.10. The summed E-state index contributed by atoms with van der Waals surface area (Å²) in [4.78, 5) is 0. The maximum absolute atomic E-state index is 5.87. The quantitative estimate of drug-likeness (QED) is 0.810. The van der Waals surface area contributed by atoms with Crippen LogP contribution in [0.2, 0.25) is 5.02 Å².